The highest BCUT2D eigenvalue weighted by Gasteiger charge is 2.17. The van der Waals surface area contributed by atoms with Crippen LogP contribution in [0, 0.1) is 0 Å². The summed E-state index contributed by atoms with van der Waals surface area (Å²) in [5.74, 6) is 0.0663. The highest BCUT2D eigenvalue weighted by atomic mass is 32.3. The van der Waals surface area contributed by atoms with Crippen molar-refractivity contribution >= 4 is 22.1 Å². The third-order valence-corrected chi connectivity index (χ3v) is 2.45. The van der Waals surface area contributed by atoms with E-state index in [1.165, 1.54) is 0 Å². The van der Waals surface area contributed by atoms with Gasteiger partial charge in [0.25, 0.3) is 0 Å². The van der Waals surface area contributed by atoms with Crippen LogP contribution < -0.4 is 5.32 Å². The lowest BCUT2D eigenvalue weighted by molar-refractivity contribution is 0.0635. The van der Waals surface area contributed by atoms with Crippen molar-refractivity contribution in [2.24, 2.45) is 0 Å². The van der Waals surface area contributed by atoms with Crippen LogP contribution in [-0.4, -0.2) is 25.1 Å². The predicted molar refractivity (Wildman–Crippen MR) is 62.4 cm³/mol. The summed E-state index contributed by atoms with van der Waals surface area (Å²) < 4.78 is 38.6. The fraction of sp³-hybridized carbons (Fsp3) is 0.400. The minimum Gasteiger partial charge on any atom is -0.444 e. The van der Waals surface area contributed by atoms with Crippen LogP contribution in [0.25, 0.3) is 0 Å². The van der Waals surface area contributed by atoms with Crippen molar-refractivity contribution in [2.45, 2.75) is 31.3 Å². The predicted octanol–water partition coefficient (Wildman–Crippen LogP) is 2.09. The van der Waals surface area contributed by atoms with Gasteiger partial charge in [0, 0.05) is 0 Å². The van der Waals surface area contributed by atoms with E-state index in [9.17, 15) is 17.1 Å². The van der Waals surface area contributed by atoms with Crippen LogP contribution in [0.1, 0.15) is 20.8 Å². The van der Waals surface area contributed by atoms with Crippen molar-refractivity contribution in [3.8, 4) is 0 Å². The second-order valence-corrected chi connectivity index (χ2v) is 5.79. The summed E-state index contributed by atoms with van der Waals surface area (Å²) in [6.07, 6.45) is 0.0769. The topological polar surface area (TPSA) is 85.4 Å². The average Bonchev–Trinajstić information content (AvgIpc) is 2.13. The van der Waals surface area contributed by atoms with Gasteiger partial charge in [-0.1, -0.05) is 0 Å². The van der Waals surface area contributed by atoms with Crippen LogP contribution in [0.4, 0.5) is 14.5 Å². The molecule has 0 saturated heterocycles. The summed E-state index contributed by atoms with van der Waals surface area (Å²) in [4.78, 5) is 14.4. The molecule has 18 heavy (non-hydrogen) atoms. The third kappa shape index (κ3) is 4.66. The van der Waals surface area contributed by atoms with E-state index in [2.05, 4.69) is 10.3 Å². The van der Waals surface area contributed by atoms with Gasteiger partial charge in [-0.25, -0.2) is 9.78 Å². The number of halogens is 1. The zero-order valence-electron chi connectivity index (χ0n) is 10.1. The molecular formula is C10H13FN2O4S. The fourth-order valence-electron chi connectivity index (χ4n) is 1.01. The highest BCUT2D eigenvalue weighted by Crippen LogP contribution is 2.14. The normalized spacial score (nSPS) is 12.0. The van der Waals surface area contributed by atoms with E-state index in [0.29, 0.717) is 0 Å². The molecular weight excluding hydrogens is 263 g/mol. The lowest BCUT2D eigenvalue weighted by atomic mass is 10.2. The highest BCUT2D eigenvalue weighted by molar-refractivity contribution is 7.86. The maximum absolute atomic E-state index is 12.6. The van der Waals surface area contributed by atoms with E-state index in [-0.39, 0.29) is 5.82 Å². The first-order chi connectivity index (χ1) is 8.08. The van der Waals surface area contributed by atoms with E-state index in [4.69, 9.17) is 4.74 Å². The molecule has 100 valence electrons. The molecule has 1 N–H and O–H groups in total. The molecule has 8 heteroatoms. The molecule has 6 nitrogen and oxygen atoms in total. The van der Waals surface area contributed by atoms with Gasteiger partial charge in [0.05, 0.1) is 6.20 Å². The number of nitrogens with zero attached hydrogens (tertiary/aromatic N) is 1. The summed E-state index contributed by atoms with van der Waals surface area (Å²) in [6, 6.07) is 2.16. The Morgan fingerprint density at radius 1 is 1.39 bits per heavy atom. The third-order valence-electron chi connectivity index (χ3n) is 1.65. The summed E-state index contributed by atoms with van der Waals surface area (Å²) in [5, 5.41) is 2.29. The van der Waals surface area contributed by atoms with Gasteiger partial charge < -0.3 is 4.74 Å². The van der Waals surface area contributed by atoms with Crippen molar-refractivity contribution in [1.29, 1.82) is 0 Å². The first-order valence-electron chi connectivity index (χ1n) is 4.99. The van der Waals surface area contributed by atoms with Gasteiger partial charge in [0.15, 0.2) is 0 Å². The van der Waals surface area contributed by atoms with Crippen molar-refractivity contribution < 1.29 is 21.8 Å². The number of rotatable bonds is 2. The van der Waals surface area contributed by atoms with Crippen molar-refractivity contribution in [2.75, 3.05) is 5.32 Å². The minimum atomic E-state index is -4.78. The Morgan fingerprint density at radius 3 is 2.39 bits per heavy atom. The van der Waals surface area contributed by atoms with E-state index in [1.54, 1.807) is 20.8 Å². The molecule has 1 aromatic rings. The van der Waals surface area contributed by atoms with Crippen molar-refractivity contribution in [3.05, 3.63) is 18.3 Å². The van der Waals surface area contributed by atoms with Crippen LogP contribution in [0.3, 0.4) is 0 Å². The Bertz CT molecular complexity index is 534. The van der Waals surface area contributed by atoms with Gasteiger partial charge in [-0.2, -0.15) is 8.42 Å². The van der Waals surface area contributed by atoms with Crippen LogP contribution >= 0.6 is 0 Å². The van der Waals surface area contributed by atoms with Gasteiger partial charge >= 0.3 is 16.3 Å². The van der Waals surface area contributed by atoms with E-state index < -0.39 is 26.8 Å². The number of anilines is 1. The SMILES string of the molecule is CC(C)(C)OC(=O)Nc1ccc(S(=O)(=O)F)cn1. The molecule has 0 radical (unpaired) electrons. The van der Waals surface area contributed by atoms with Gasteiger partial charge in [-0.3, -0.25) is 5.32 Å². The molecule has 0 atom stereocenters. The summed E-state index contributed by atoms with van der Waals surface area (Å²) in [6.45, 7) is 5.08. The molecule has 1 amide bonds. The Balaban J connectivity index is 2.73. The molecule has 0 unspecified atom stereocenters. The summed E-state index contributed by atoms with van der Waals surface area (Å²) in [7, 11) is -4.78. The number of nitrogens with one attached hydrogen (secondary N) is 1. The minimum absolute atomic E-state index is 0.0663. The lowest BCUT2D eigenvalue weighted by Gasteiger charge is -2.19. The number of aromatic nitrogens is 1. The van der Waals surface area contributed by atoms with E-state index >= 15 is 0 Å². The maximum atomic E-state index is 12.6. The molecule has 0 saturated carbocycles. The van der Waals surface area contributed by atoms with Gasteiger partial charge in [-0.15, -0.1) is 3.89 Å². The van der Waals surface area contributed by atoms with Crippen LogP contribution in [0.2, 0.25) is 0 Å². The molecule has 0 aliphatic rings. The molecule has 1 aromatic heterocycles. The molecule has 1 heterocycles. The Hall–Kier alpha value is -1.70. The zero-order valence-corrected chi connectivity index (χ0v) is 10.9. The Labute approximate surface area is 104 Å². The first kappa shape index (κ1) is 14.4. The Kier molecular flexibility index (Phi) is 3.90. The molecule has 1 rings (SSSR count). The molecule has 0 aliphatic carbocycles. The Morgan fingerprint density at radius 2 is 2.00 bits per heavy atom. The number of hydrogen-bond acceptors (Lipinski definition) is 5. The molecule has 0 aliphatic heterocycles. The number of amides is 1. The average molecular weight is 276 g/mol. The van der Waals surface area contributed by atoms with Gasteiger partial charge in [0.1, 0.15) is 16.3 Å². The van der Waals surface area contributed by atoms with Crippen molar-refractivity contribution in [3.63, 3.8) is 0 Å². The summed E-state index contributed by atoms with van der Waals surface area (Å²) >= 11 is 0. The van der Waals surface area contributed by atoms with Gasteiger partial charge in [0.2, 0.25) is 0 Å². The second-order valence-electron chi connectivity index (χ2n) is 4.44. The zero-order chi connectivity index (χ0) is 14.0. The standard InChI is InChI=1S/C10H13FN2O4S/c1-10(2,3)17-9(14)13-8-5-4-7(6-12-8)18(11,15)16/h4-6H,1-3H3,(H,12,13,14). The molecule has 0 bridgehead atoms. The monoisotopic (exact) mass is 276 g/mol. The van der Waals surface area contributed by atoms with Gasteiger partial charge in [-0.05, 0) is 32.9 Å². The molecule has 0 spiro atoms. The summed E-state index contributed by atoms with van der Waals surface area (Å²) in [5.41, 5.74) is -0.660. The van der Waals surface area contributed by atoms with E-state index in [0.717, 1.165) is 18.3 Å². The number of ether oxygens (including phenoxy) is 1. The number of carbonyl (C=O) groups excluding carboxylic acids is 1. The van der Waals surface area contributed by atoms with Crippen molar-refractivity contribution in [1.82, 2.24) is 4.98 Å². The van der Waals surface area contributed by atoms with E-state index in [1.807, 2.05) is 0 Å². The second kappa shape index (κ2) is 4.89. The lowest BCUT2D eigenvalue weighted by Crippen LogP contribution is -2.27. The van der Waals surface area contributed by atoms with Crippen LogP contribution in [-0.2, 0) is 15.0 Å². The van der Waals surface area contributed by atoms with Crippen LogP contribution in [0.5, 0.6) is 0 Å². The fourth-order valence-corrected chi connectivity index (χ4v) is 1.42. The number of carbonyl (C=O) groups is 1. The molecule has 0 fully saturated rings. The largest absolute Gasteiger partial charge is 0.444 e. The number of pyridine rings is 1. The quantitative estimate of drug-likeness (QED) is 0.836. The van der Waals surface area contributed by atoms with Crippen LogP contribution in [0.15, 0.2) is 23.2 Å². The molecule has 0 aromatic carbocycles. The smallest absolute Gasteiger partial charge is 0.413 e. The maximum Gasteiger partial charge on any atom is 0.413 e. The number of hydrogen-bond donors (Lipinski definition) is 1. The first-order valence-corrected chi connectivity index (χ1v) is 6.37.